The lowest BCUT2D eigenvalue weighted by Gasteiger charge is -2.15. The summed E-state index contributed by atoms with van der Waals surface area (Å²) >= 11 is 1.29. The van der Waals surface area contributed by atoms with Gasteiger partial charge in [-0.3, -0.25) is 9.36 Å². The van der Waals surface area contributed by atoms with Gasteiger partial charge in [0.2, 0.25) is 5.91 Å². The molecule has 1 aliphatic heterocycles. The van der Waals surface area contributed by atoms with E-state index in [-0.39, 0.29) is 23.6 Å². The van der Waals surface area contributed by atoms with Crippen LogP contribution in [0, 0.1) is 5.82 Å². The molecule has 10 heteroatoms. The van der Waals surface area contributed by atoms with Crippen molar-refractivity contribution in [1.82, 2.24) is 14.8 Å². The molecule has 0 unspecified atom stereocenters. The van der Waals surface area contributed by atoms with Crippen molar-refractivity contribution in [1.29, 1.82) is 0 Å². The highest BCUT2D eigenvalue weighted by Crippen LogP contribution is 2.30. The van der Waals surface area contributed by atoms with Crippen LogP contribution in [-0.4, -0.2) is 53.4 Å². The molecule has 1 aromatic heterocycles. The Hall–Kier alpha value is -3.11. The number of amides is 1. The number of halogens is 1. The van der Waals surface area contributed by atoms with Gasteiger partial charge in [0.15, 0.2) is 22.5 Å². The summed E-state index contributed by atoms with van der Waals surface area (Å²) in [6, 6.07) is 11.3. The molecule has 1 amide bonds. The average molecular weight is 473 g/mol. The van der Waals surface area contributed by atoms with Crippen LogP contribution in [0.15, 0.2) is 47.6 Å². The third kappa shape index (κ3) is 5.63. The fourth-order valence-electron chi connectivity index (χ4n) is 3.61. The van der Waals surface area contributed by atoms with Crippen LogP contribution in [0.3, 0.4) is 0 Å². The Morgan fingerprint density at radius 1 is 1.18 bits per heavy atom. The SMILES string of the molecule is COc1ccc(NC(=O)CSc2nnc(-c3ccc(F)cc3)n2C[C@H]2CCCO2)cc1OC. The second-order valence-corrected chi connectivity index (χ2v) is 8.41. The van der Waals surface area contributed by atoms with Crippen molar-refractivity contribution in [3.8, 4) is 22.9 Å². The molecule has 1 saturated heterocycles. The zero-order valence-electron chi connectivity index (χ0n) is 18.4. The fraction of sp³-hybridized carbons (Fsp3) is 0.348. The van der Waals surface area contributed by atoms with Gasteiger partial charge >= 0.3 is 0 Å². The minimum Gasteiger partial charge on any atom is -0.493 e. The van der Waals surface area contributed by atoms with E-state index in [9.17, 15) is 9.18 Å². The van der Waals surface area contributed by atoms with Crippen molar-refractivity contribution in [2.24, 2.45) is 0 Å². The maximum atomic E-state index is 13.4. The Bertz CT molecular complexity index is 1100. The molecule has 0 bridgehead atoms. The van der Waals surface area contributed by atoms with E-state index in [2.05, 4.69) is 15.5 Å². The molecule has 0 radical (unpaired) electrons. The molecule has 33 heavy (non-hydrogen) atoms. The summed E-state index contributed by atoms with van der Waals surface area (Å²) in [4.78, 5) is 12.6. The lowest BCUT2D eigenvalue weighted by Crippen LogP contribution is -2.18. The summed E-state index contributed by atoms with van der Waals surface area (Å²) in [6.45, 7) is 1.30. The number of hydrogen-bond acceptors (Lipinski definition) is 7. The van der Waals surface area contributed by atoms with Crippen molar-refractivity contribution in [3.63, 3.8) is 0 Å². The molecule has 1 N–H and O–H groups in total. The molecule has 0 spiro atoms. The van der Waals surface area contributed by atoms with Gasteiger partial charge < -0.3 is 19.5 Å². The third-order valence-corrected chi connectivity index (χ3v) is 6.20. The molecular weight excluding hydrogens is 447 g/mol. The highest BCUT2D eigenvalue weighted by Gasteiger charge is 2.22. The van der Waals surface area contributed by atoms with E-state index in [0.29, 0.717) is 34.7 Å². The van der Waals surface area contributed by atoms with Gasteiger partial charge in [-0.15, -0.1) is 10.2 Å². The molecule has 8 nitrogen and oxygen atoms in total. The molecule has 4 rings (SSSR count). The second kappa shape index (κ2) is 10.7. The summed E-state index contributed by atoms with van der Waals surface area (Å²) in [5.74, 6) is 1.37. The smallest absolute Gasteiger partial charge is 0.234 e. The molecule has 1 atom stereocenters. The topological polar surface area (TPSA) is 87.5 Å². The minimum atomic E-state index is -0.314. The van der Waals surface area contributed by atoms with Crippen LogP contribution in [0.4, 0.5) is 10.1 Å². The number of benzene rings is 2. The van der Waals surface area contributed by atoms with Crippen LogP contribution in [0.2, 0.25) is 0 Å². The van der Waals surface area contributed by atoms with Crippen LogP contribution in [0.5, 0.6) is 11.5 Å². The van der Waals surface area contributed by atoms with Crippen LogP contribution in [0.25, 0.3) is 11.4 Å². The summed E-state index contributed by atoms with van der Waals surface area (Å²) in [5.41, 5.74) is 1.36. The minimum absolute atomic E-state index is 0.0557. The van der Waals surface area contributed by atoms with E-state index in [4.69, 9.17) is 14.2 Å². The van der Waals surface area contributed by atoms with Gasteiger partial charge in [-0.25, -0.2) is 4.39 Å². The van der Waals surface area contributed by atoms with E-state index >= 15 is 0 Å². The predicted octanol–water partition coefficient (Wildman–Crippen LogP) is 4.01. The number of carbonyl (C=O) groups is 1. The van der Waals surface area contributed by atoms with Gasteiger partial charge in [0, 0.05) is 23.9 Å². The standard InChI is InChI=1S/C23H25FN4O4S/c1-30-19-10-9-17(12-20(19)31-2)25-21(29)14-33-23-27-26-22(15-5-7-16(24)8-6-15)28(23)13-18-4-3-11-32-18/h5-10,12,18H,3-4,11,13-14H2,1-2H3,(H,25,29)/t18-/m1/s1. The van der Waals surface area contributed by atoms with Crippen LogP contribution in [0.1, 0.15) is 12.8 Å². The first-order valence-corrected chi connectivity index (χ1v) is 11.5. The van der Waals surface area contributed by atoms with E-state index < -0.39 is 0 Å². The van der Waals surface area contributed by atoms with E-state index in [0.717, 1.165) is 25.0 Å². The van der Waals surface area contributed by atoms with E-state index in [1.807, 2.05) is 4.57 Å². The van der Waals surface area contributed by atoms with Crippen molar-refractivity contribution in [2.45, 2.75) is 30.6 Å². The van der Waals surface area contributed by atoms with E-state index in [1.165, 1.54) is 23.9 Å². The quantitative estimate of drug-likeness (QED) is 0.471. The van der Waals surface area contributed by atoms with Crippen LogP contribution >= 0.6 is 11.8 Å². The molecule has 1 aliphatic rings. The Morgan fingerprint density at radius 2 is 1.97 bits per heavy atom. The first-order valence-electron chi connectivity index (χ1n) is 10.5. The fourth-order valence-corrected chi connectivity index (χ4v) is 4.35. The van der Waals surface area contributed by atoms with Crippen molar-refractivity contribution >= 4 is 23.4 Å². The Labute approximate surface area is 195 Å². The van der Waals surface area contributed by atoms with Gasteiger partial charge in [0.25, 0.3) is 0 Å². The van der Waals surface area contributed by atoms with Gasteiger partial charge in [0.1, 0.15) is 5.82 Å². The highest BCUT2D eigenvalue weighted by atomic mass is 32.2. The van der Waals surface area contributed by atoms with Crippen molar-refractivity contribution in [2.75, 3.05) is 31.9 Å². The second-order valence-electron chi connectivity index (χ2n) is 7.47. The Kier molecular flexibility index (Phi) is 7.46. The number of carbonyl (C=O) groups excluding carboxylic acids is 1. The number of rotatable bonds is 9. The molecule has 2 aromatic carbocycles. The van der Waals surface area contributed by atoms with Crippen LogP contribution in [-0.2, 0) is 16.1 Å². The molecular formula is C23H25FN4O4S. The number of ether oxygens (including phenoxy) is 3. The maximum Gasteiger partial charge on any atom is 0.234 e. The average Bonchev–Trinajstić information content (AvgIpc) is 3.48. The summed E-state index contributed by atoms with van der Waals surface area (Å²) < 4.78 is 31.6. The largest absolute Gasteiger partial charge is 0.493 e. The molecule has 0 aliphatic carbocycles. The number of aromatic nitrogens is 3. The van der Waals surface area contributed by atoms with Crippen LogP contribution < -0.4 is 14.8 Å². The first kappa shape index (κ1) is 23.1. The predicted molar refractivity (Wildman–Crippen MR) is 123 cm³/mol. The Morgan fingerprint density at radius 3 is 2.67 bits per heavy atom. The van der Waals surface area contributed by atoms with Gasteiger partial charge in [-0.1, -0.05) is 11.8 Å². The third-order valence-electron chi connectivity index (χ3n) is 5.23. The maximum absolute atomic E-state index is 13.4. The van der Waals surface area contributed by atoms with Gasteiger partial charge in [0.05, 0.1) is 32.6 Å². The molecule has 0 saturated carbocycles. The number of thioether (sulfide) groups is 1. The number of hydrogen-bond donors (Lipinski definition) is 1. The van der Waals surface area contributed by atoms with Crippen molar-refractivity contribution in [3.05, 3.63) is 48.3 Å². The van der Waals surface area contributed by atoms with E-state index in [1.54, 1.807) is 44.6 Å². The lowest BCUT2D eigenvalue weighted by atomic mass is 10.2. The zero-order valence-corrected chi connectivity index (χ0v) is 19.2. The van der Waals surface area contributed by atoms with Gasteiger partial charge in [-0.2, -0.15) is 0 Å². The van der Waals surface area contributed by atoms with Crippen molar-refractivity contribution < 1.29 is 23.4 Å². The number of nitrogens with one attached hydrogen (secondary N) is 1. The number of methoxy groups -OCH3 is 2. The lowest BCUT2D eigenvalue weighted by molar-refractivity contribution is -0.113. The Balaban J connectivity index is 1.47. The number of anilines is 1. The molecule has 3 aromatic rings. The summed E-state index contributed by atoms with van der Waals surface area (Å²) in [6.07, 6.45) is 2.01. The molecule has 2 heterocycles. The summed E-state index contributed by atoms with van der Waals surface area (Å²) in [7, 11) is 3.10. The van der Waals surface area contributed by atoms with Gasteiger partial charge in [-0.05, 0) is 49.2 Å². The monoisotopic (exact) mass is 472 g/mol. The zero-order chi connectivity index (χ0) is 23.2. The summed E-state index contributed by atoms with van der Waals surface area (Å²) in [5, 5.41) is 12.1. The first-order chi connectivity index (χ1) is 16.1. The number of nitrogens with zero attached hydrogens (tertiary/aromatic N) is 3. The molecule has 174 valence electrons. The normalized spacial score (nSPS) is 15.4. The molecule has 1 fully saturated rings. The highest BCUT2D eigenvalue weighted by molar-refractivity contribution is 7.99.